The summed E-state index contributed by atoms with van der Waals surface area (Å²) in [5.74, 6) is 0.742. The van der Waals surface area contributed by atoms with E-state index in [0.29, 0.717) is 18.7 Å². The fourth-order valence-electron chi connectivity index (χ4n) is 2.71. The minimum Gasteiger partial charge on any atom is -0.356 e. The lowest BCUT2D eigenvalue weighted by atomic mass is 10.1. The molecular formula is C22H30N4O. The van der Waals surface area contributed by atoms with Gasteiger partial charge in [-0.2, -0.15) is 0 Å². The average Bonchev–Trinajstić information content (AvgIpc) is 2.72. The van der Waals surface area contributed by atoms with Crippen molar-refractivity contribution in [3.8, 4) is 0 Å². The van der Waals surface area contributed by atoms with Gasteiger partial charge in [-0.05, 0) is 42.5 Å². The Morgan fingerprint density at radius 2 is 1.70 bits per heavy atom. The van der Waals surface area contributed by atoms with Crippen LogP contribution < -0.4 is 16.0 Å². The fraction of sp³-hybridized carbons (Fsp3) is 0.364. The molecule has 144 valence electrons. The average molecular weight is 367 g/mol. The topological polar surface area (TPSA) is 65.5 Å². The van der Waals surface area contributed by atoms with Crippen LogP contribution in [0, 0.1) is 0 Å². The van der Waals surface area contributed by atoms with E-state index in [-0.39, 0.29) is 5.91 Å². The van der Waals surface area contributed by atoms with Gasteiger partial charge in [-0.25, -0.2) is 0 Å². The summed E-state index contributed by atoms with van der Waals surface area (Å²) in [6, 6.07) is 18.1. The number of hydrogen-bond donors (Lipinski definition) is 3. The minimum absolute atomic E-state index is 0.0258. The third-order valence-electron chi connectivity index (χ3n) is 4.19. The fourth-order valence-corrected chi connectivity index (χ4v) is 2.71. The number of benzene rings is 2. The van der Waals surface area contributed by atoms with E-state index in [1.165, 1.54) is 5.56 Å². The molecule has 2 aromatic carbocycles. The van der Waals surface area contributed by atoms with Gasteiger partial charge in [0.15, 0.2) is 5.96 Å². The smallest absolute Gasteiger partial charge is 0.251 e. The van der Waals surface area contributed by atoms with Crippen LogP contribution in [0.3, 0.4) is 0 Å². The van der Waals surface area contributed by atoms with Crippen LogP contribution in [0.4, 0.5) is 0 Å². The van der Waals surface area contributed by atoms with Gasteiger partial charge in [0, 0.05) is 32.2 Å². The molecule has 0 unspecified atom stereocenters. The van der Waals surface area contributed by atoms with Crippen LogP contribution >= 0.6 is 0 Å². The highest BCUT2D eigenvalue weighted by molar-refractivity contribution is 5.94. The van der Waals surface area contributed by atoms with E-state index in [1.807, 2.05) is 37.3 Å². The number of guanidine groups is 1. The second kappa shape index (κ2) is 11.7. The van der Waals surface area contributed by atoms with E-state index < -0.39 is 0 Å². The molecule has 5 nitrogen and oxygen atoms in total. The molecule has 0 aliphatic heterocycles. The van der Waals surface area contributed by atoms with Crippen molar-refractivity contribution < 1.29 is 4.79 Å². The summed E-state index contributed by atoms with van der Waals surface area (Å²) in [7, 11) is 1.77. The van der Waals surface area contributed by atoms with Gasteiger partial charge in [-0.15, -0.1) is 0 Å². The van der Waals surface area contributed by atoms with Crippen molar-refractivity contribution in [3.63, 3.8) is 0 Å². The van der Waals surface area contributed by atoms with Gasteiger partial charge < -0.3 is 16.0 Å². The number of hydrogen-bond acceptors (Lipinski definition) is 2. The van der Waals surface area contributed by atoms with Gasteiger partial charge in [0.25, 0.3) is 5.91 Å². The van der Waals surface area contributed by atoms with Gasteiger partial charge in [0.05, 0.1) is 0 Å². The normalized spacial score (nSPS) is 11.1. The van der Waals surface area contributed by atoms with Crippen molar-refractivity contribution >= 4 is 11.9 Å². The Bertz CT molecular complexity index is 728. The maximum Gasteiger partial charge on any atom is 0.251 e. The van der Waals surface area contributed by atoms with Crippen molar-refractivity contribution in [3.05, 3.63) is 71.3 Å². The molecule has 2 aromatic rings. The molecule has 27 heavy (non-hydrogen) atoms. The summed E-state index contributed by atoms with van der Waals surface area (Å²) in [4.78, 5) is 16.3. The summed E-state index contributed by atoms with van der Waals surface area (Å²) < 4.78 is 0. The Morgan fingerprint density at radius 1 is 0.926 bits per heavy atom. The molecule has 0 bridgehead atoms. The van der Waals surface area contributed by atoms with E-state index in [4.69, 9.17) is 0 Å². The zero-order valence-electron chi connectivity index (χ0n) is 16.3. The SMILES string of the molecule is CCCNC(=O)c1cccc(CNC(=NC)NCCCc2ccccc2)c1. The summed E-state index contributed by atoms with van der Waals surface area (Å²) in [5, 5.41) is 9.54. The first kappa shape index (κ1) is 20.5. The monoisotopic (exact) mass is 366 g/mol. The van der Waals surface area contributed by atoms with Gasteiger partial charge in [-0.3, -0.25) is 9.79 Å². The van der Waals surface area contributed by atoms with E-state index in [9.17, 15) is 4.79 Å². The highest BCUT2D eigenvalue weighted by Gasteiger charge is 2.05. The molecule has 2 rings (SSSR count). The third-order valence-corrected chi connectivity index (χ3v) is 4.19. The largest absolute Gasteiger partial charge is 0.356 e. The van der Waals surface area contributed by atoms with Crippen molar-refractivity contribution in [1.82, 2.24) is 16.0 Å². The van der Waals surface area contributed by atoms with Crippen molar-refractivity contribution in [1.29, 1.82) is 0 Å². The Morgan fingerprint density at radius 3 is 2.44 bits per heavy atom. The molecule has 0 atom stereocenters. The Balaban J connectivity index is 1.76. The summed E-state index contributed by atoms with van der Waals surface area (Å²) in [6.07, 6.45) is 3.01. The minimum atomic E-state index is -0.0258. The van der Waals surface area contributed by atoms with Crippen molar-refractivity contribution in [2.45, 2.75) is 32.7 Å². The lowest BCUT2D eigenvalue weighted by Crippen LogP contribution is -2.37. The molecule has 0 fully saturated rings. The van der Waals surface area contributed by atoms with Crippen LogP contribution in [0.5, 0.6) is 0 Å². The first-order valence-electron chi connectivity index (χ1n) is 9.58. The van der Waals surface area contributed by atoms with Gasteiger partial charge in [0.1, 0.15) is 0 Å². The molecule has 0 radical (unpaired) electrons. The third kappa shape index (κ3) is 7.52. The molecule has 0 aromatic heterocycles. The Labute approximate surface area is 162 Å². The molecule has 0 aliphatic carbocycles. The standard InChI is InChI=1S/C22H30N4O/c1-3-14-24-21(27)20-13-7-11-19(16-20)17-26-22(23-2)25-15-8-12-18-9-5-4-6-10-18/h4-7,9-11,13,16H,3,8,12,14-15,17H2,1-2H3,(H,24,27)(H2,23,25,26). The number of carbonyl (C=O) groups excluding carboxylic acids is 1. The Hall–Kier alpha value is -2.82. The second-order valence-electron chi connectivity index (χ2n) is 6.40. The van der Waals surface area contributed by atoms with Crippen LogP contribution in [0.25, 0.3) is 0 Å². The van der Waals surface area contributed by atoms with Crippen LogP contribution in [0.2, 0.25) is 0 Å². The van der Waals surface area contributed by atoms with Crippen molar-refractivity contribution in [2.24, 2.45) is 4.99 Å². The summed E-state index contributed by atoms with van der Waals surface area (Å²) in [6.45, 7) is 4.21. The van der Waals surface area contributed by atoms with E-state index >= 15 is 0 Å². The van der Waals surface area contributed by atoms with Crippen LogP contribution in [-0.2, 0) is 13.0 Å². The predicted molar refractivity (Wildman–Crippen MR) is 112 cm³/mol. The first-order chi connectivity index (χ1) is 13.2. The number of carbonyl (C=O) groups is 1. The highest BCUT2D eigenvalue weighted by Crippen LogP contribution is 2.05. The summed E-state index contributed by atoms with van der Waals surface area (Å²) >= 11 is 0. The number of amides is 1. The van der Waals surface area contributed by atoms with E-state index in [0.717, 1.165) is 37.3 Å². The first-order valence-corrected chi connectivity index (χ1v) is 9.58. The maximum atomic E-state index is 12.1. The predicted octanol–water partition coefficient (Wildman–Crippen LogP) is 3.12. The van der Waals surface area contributed by atoms with E-state index in [1.54, 1.807) is 7.05 Å². The summed E-state index contributed by atoms with van der Waals surface area (Å²) in [5.41, 5.74) is 3.08. The molecular weight excluding hydrogens is 336 g/mol. The number of aliphatic imine (C=N–C) groups is 1. The van der Waals surface area contributed by atoms with Crippen LogP contribution in [0.15, 0.2) is 59.6 Å². The highest BCUT2D eigenvalue weighted by atomic mass is 16.1. The van der Waals surface area contributed by atoms with Gasteiger partial charge >= 0.3 is 0 Å². The maximum absolute atomic E-state index is 12.1. The van der Waals surface area contributed by atoms with Crippen LogP contribution in [0.1, 0.15) is 41.3 Å². The molecule has 5 heteroatoms. The molecule has 0 saturated carbocycles. The lowest BCUT2D eigenvalue weighted by molar-refractivity contribution is 0.0953. The molecule has 3 N–H and O–H groups in total. The lowest BCUT2D eigenvalue weighted by Gasteiger charge is -2.12. The molecule has 0 saturated heterocycles. The van der Waals surface area contributed by atoms with Gasteiger partial charge in [0.2, 0.25) is 0 Å². The molecule has 0 aliphatic rings. The van der Waals surface area contributed by atoms with Crippen LogP contribution in [-0.4, -0.2) is 32.0 Å². The number of aryl methyl sites for hydroxylation is 1. The Kier molecular flexibility index (Phi) is 8.90. The second-order valence-corrected chi connectivity index (χ2v) is 6.40. The molecule has 0 spiro atoms. The quantitative estimate of drug-likeness (QED) is 0.363. The van der Waals surface area contributed by atoms with E-state index in [2.05, 4.69) is 45.2 Å². The molecule has 1 amide bonds. The molecule has 0 heterocycles. The zero-order valence-corrected chi connectivity index (χ0v) is 16.3. The number of rotatable bonds is 9. The number of nitrogens with zero attached hydrogens (tertiary/aromatic N) is 1. The van der Waals surface area contributed by atoms with Crippen molar-refractivity contribution in [2.75, 3.05) is 20.1 Å². The van der Waals surface area contributed by atoms with Gasteiger partial charge in [-0.1, -0.05) is 49.4 Å². The number of nitrogens with one attached hydrogen (secondary N) is 3. The zero-order chi connectivity index (χ0) is 19.3.